The van der Waals surface area contributed by atoms with Gasteiger partial charge in [0.2, 0.25) is 0 Å². The number of nitrogens with two attached hydrogens (primary N) is 2. The predicted molar refractivity (Wildman–Crippen MR) is 141 cm³/mol. The Morgan fingerprint density at radius 3 is 2.51 bits per heavy atom. The highest BCUT2D eigenvalue weighted by atomic mass is 19.4. The van der Waals surface area contributed by atoms with Gasteiger partial charge in [0, 0.05) is 54.2 Å². The first-order valence-corrected chi connectivity index (χ1v) is 11.4. The first kappa shape index (κ1) is 27.5. The highest BCUT2D eigenvalue weighted by molar-refractivity contribution is 6.05. The molecule has 2 aromatic carbocycles. The summed E-state index contributed by atoms with van der Waals surface area (Å²) in [4.78, 5) is 18.8. The Labute approximate surface area is 213 Å². The molecule has 0 radical (unpaired) electrons. The minimum absolute atomic E-state index is 0.0166. The molecule has 196 valence electrons. The number of alkyl halides is 3. The van der Waals surface area contributed by atoms with E-state index in [1.165, 1.54) is 23.3 Å². The summed E-state index contributed by atoms with van der Waals surface area (Å²) in [7, 11) is 3.66. The lowest BCUT2D eigenvalue weighted by atomic mass is 10.1. The normalized spacial score (nSPS) is 11.9. The summed E-state index contributed by atoms with van der Waals surface area (Å²) in [6.07, 6.45) is 0.113. The monoisotopic (exact) mass is 513 g/mol. The number of hydrogen-bond acceptors (Lipinski definition) is 7. The maximum absolute atomic E-state index is 13.7. The average Bonchev–Trinajstić information content (AvgIpc) is 2.84. The fraction of sp³-hybridized carbons (Fsp3) is 0.231. The van der Waals surface area contributed by atoms with E-state index in [2.05, 4.69) is 15.6 Å². The van der Waals surface area contributed by atoms with Crippen LogP contribution in [0.25, 0.3) is 5.70 Å². The molecule has 1 aromatic heterocycles. The highest BCUT2D eigenvalue weighted by Gasteiger charge is 2.34. The molecule has 0 aliphatic rings. The van der Waals surface area contributed by atoms with Gasteiger partial charge < -0.3 is 21.3 Å². The second-order valence-corrected chi connectivity index (χ2v) is 8.68. The van der Waals surface area contributed by atoms with Crippen molar-refractivity contribution in [2.24, 2.45) is 11.6 Å². The standard InChI is InChI=1S/C26H30F3N7O/c1-17-6-7-18(13-24(17)36(31)16-22(30)19-5-4-10-32-15-19)25(37)34-20-8-9-23(33-11-12-35(2)3)21(14-20)26(27,28)29/h4-10,13-16,33H,11-12,30-31H2,1-3H3,(H,34,37)/b22-16-. The summed E-state index contributed by atoms with van der Waals surface area (Å²) in [5, 5.41) is 6.63. The molecule has 11 heteroatoms. The number of nitrogens with one attached hydrogen (secondary N) is 2. The minimum Gasteiger partial charge on any atom is -0.397 e. The van der Waals surface area contributed by atoms with Crippen LogP contribution in [0.4, 0.5) is 30.2 Å². The number of likely N-dealkylation sites (N-methyl/N-ethyl adjacent to an activating group) is 1. The Kier molecular flexibility index (Phi) is 8.74. The number of aromatic nitrogens is 1. The van der Waals surface area contributed by atoms with Crippen LogP contribution >= 0.6 is 0 Å². The zero-order valence-electron chi connectivity index (χ0n) is 20.8. The van der Waals surface area contributed by atoms with Gasteiger partial charge in [-0.05, 0) is 69.0 Å². The van der Waals surface area contributed by atoms with Crippen LogP contribution in [0, 0.1) is 6.92 Å². The van der Waals surface area contributed by atoms with Crippen LogP contribution in [0.3, 0.4) is 0 Å². The lowest BCUT2D eigenvalue weighted by Crippen LogP contribution is -2.27. The predicted octanol–water partition coefficient (Wildman–Crippen LogP) is 4.27. The third-order valence-corrected chi connectivity index (χ3v) is 5.48. The molecule has 37 heavy (non-hydrogen) atoms. The summed E-state index contributed by atoms with van der Waals surface area (Å²) in [6, 6.07) is 12.0. The molecule has 0 bridgehead atoms. The number of benzene rings is 2. The molecule has 0 fully saturated rings. The molecule has 1 amide bonds. The van der Waals surface area contributed by atoms with E-state index in [9.17, 15) is 18.0 Å². The van der Waals surface area contributed by atoms with Crippen LogP contribution in [0.15, 0.2) is 67.1 Å². The maximum Gasteiger partial charge on any atom is 0.418 e. The second-order valence-electron chi connectivity index (χ2n) is 8.68. The number of rotatable bonds is 9. The molecule has 1 heterocycles. The van der Waals surface area contributed by atoms with Gasteiger partial charge in [-0.2, -0.15) is 13.2 Å². The molecule has 0 aliphatic carbocycles. The van der Waals surface area contributed by atoms with Crippen LogP contribution in [0.2, 0.25) is 0 Å². The zero-order chi connectivity index (χ0) is 27.2. The van der Waals surface area contributed by atoms with Crippen molar-refractivity contribution in [1.82, 2.24) is 9.88 Å². The fourth-order valence-electron chi connectivity index (χ4n) is 3.48. The topological polar surface area (TPSA) is 113 Å². The van der Waals surface area contributed by atoms with Gasteiger partial charge in [-0.15, -0.1) is 0 Å². The van der Waals surface area contributed by atoms with E-state index in [0.29, 0.717) is 30.0 Å². The van der Waals surface area contributed by atoms with E-state index in [1.54, 1.807) is 42.7 Å². The summed E-state index contributed by atoms with van der Waals surface area (Å²) in [5.74, 6) is 5.61. The number of halogens is 3. The minimum atomic E-state index is -4.60. The summed E-state index contributed by atoms with van der Waals surface area (Å²) in [6.45, 7) is 2.71. The maximum atomic E-state index is 13.7. The Bertz CT molecular complexity index is 1260. The van der Waals surface area contributed by atoms with E-state index >= 15 is 0 Å². The van der Waals surface area contributed by atoms with Crippen molar-refractivity contribution in [1.29, 1.82) is 0 Å². The molecule has 8 nitrogen and oxygen atoms in total. The van der Waals surface area contributed by atoms with Crippen molar-refractivity contribution in [2.45, 2.75) is 13.1 Å². The van der Waals surface area contributed by atoms with Crippen molar-refractivity contribution in [2.75, 3.05) is 42.8 Å². The quantitative estimate of drug-likeness (QED) is 0.250. The van der Waals surface area contributed by atoms with E-state index in [1.807, 2.05) is 25.9 Å². The number of anilines is 3. The zero-order valence-corrected chi connectivity index (χ0v) is 20.8. The molecule has 3 aromatic rings. The van der Waals surface area contributed by atoms with Gasteiger partial charge in [0.15, 0.2) is 0 Å². The first-order chi connectivity index (χ1) is 17.5. The third-order valence-electron chi connectivity index (χ3n) is 5.48. The Morgan fingerprint density at radius 1 is 1.11 bits per heavy atom. The van der Waals surface area contributed by atoms with Crippen molar-refractivity contribution >= 4 is 28.7 Å². The Hall–Kier alpha value is -4.09. The molecule has 0 saturated heterocycles. The van der Waals surface area contributed by atoms with Gasteiger partial charge >= 0.3 is 6.18 Å². The van der Waals surface area contributed by atoms with E-state index in [0.717, 1.165) is 11.6 Å². The SMILES string of the molecule is Cc1ccc(C(=O)Nc2ccc(NCCN(C)C)c(C(F)(F)F)c2)cc1N(N)/C=C(\N)c1cccnc1. The molecular formula is C26H30F3N7O. The van der Waals surface area contributed by atoms with Gasteiger partial charge in [0.1, 0.15) is 0 Å². The van der Waals surface area contributed by atoms with E-state index in [4.69, 9.17) is 11.6 Å². The average molecular weight is 514 g/mol. The van der Waals surface area contributed by atoms with Gasteiger partial charge in [-0.1, -0.05) is 6.07 Å². The van der Waals surface area contributed by atoms with Crippen molar-refractivity contribution in [3.05, 3.63) is 89.4 Å². The molecule has 3 rings (SSSR count). The van der Waals surface area contributed by atoms with E-state index < -0.39 is 17.6 Å². The van der Waals surface area contributed by atoms with Gasteiger partial charge in [-0.25, -0.2) is 5.84 Å². The molecule has 0 spiro atoms. The summed E-state index contributed by atoms with van der Waals surface area (Å²) < 4.78 is 41.1. The van der Waals surface area contributed by atoms with Gasteiger partial charge in [0.05, 0.1) is 16.9 Å². The van der Waals surface area contributed by atoms with Crippen molar-refractivity contribution < 1.29 is 18.0 Å². The number of hydrazine groups is 1. The number of pyridine rings is 1. The van der Waals surface area contributed by atoms with Crippen molar-refractivity contribution in [3.63, 3.8) is 0 Å². The second kappa shape index (κ2) is 11.8. The number of carbonyl (C=O) groups excluding carboxylic acids is 1. The summed E-state index contributed by atoms with van der Waals surface area (Å²) >= 11 is 0. The van der Waals surface area contributed by atoms with Crippen LogP contribution in [0.1, 0.15) is 27.0 Å². The molecule has 0 saturated carbocycles. The fourth-order valence-corrected chi connectivity index (χ4v) is 3.48. The Balaban J connectivity index is 1.81. The lowest BCUT2D eigenvalue weighted by Gasteiger charge is -2.19. The highest BCUT2D eigenvalue weighted by Crippen LogP contribution is 2.36. The smallest absolute Gasteiger partial charge is 0.397 e. The van der Waals surface area contributed by atoms with Crippen LogP contribution in [-0.2, 0) is 6.18 Å². The first-order valence-electron chi connectivity index (χ1n) is 11.4. The lowest BCUT2D eigenvalue weighted by molar-refractivity contribution is -0.136. The van der Waals surface area contributed by atoms with Crippen LogP contribution in [-0.4, -0.2) is 43.0 Å². The van der Waals surface area contributed by atoms with Crippen LogP contribution < -0.4 is 27.2 Å². The molecular weight excluding hydrogens is 483 g/mol. The van der Waals surface area contributed by atoms with Gasteiger partial charge in [-0.3, -0.25) is 14.8 Å². The third kappa shape index (κ3) is 7.45. The number of aryl methyl sites for hydroxylation is 1. The summed E-state index contributed by atoms with van der Waals surface area (Å²) in [5.41, 5.74) is 7.72. The number of amides is 1. The number of carbonyl (C=O) groups is 1. The Morgan fingerprint density at radius 2 is 1.86 bits per heavy atom. The van der Waals surface area contributed by atoms with Gasteiger partial charge in [0.25, 0.3) is 5.91 Å². The number of hydrogen-bond donors (Lipinski definition) is 4. The van der Waals surface area contributed by atoms with Crippen LogP contribution in [0.5, 0.6) is 0 Å². The molecule has 0 aliphatic heterocycles. The molecule has 6 N–H and O–H groups in total. The van der Waals surface area contributed by atoms with E-state index in [-0.39, 0.29) is 16.9 Å². The number of nitrogens with zero attached hydrogens (tertiary/aromatic N) is 3. The molecule has 0 unspecified atom stereocenters. The largest absolute Gasteiger partial charge is 0.418 e. The molecule has 0 atom stereocenters. The van der Waals surface area contributed by atoms with Crippen molar-refractivity contribution in [3.8, 4) is 0 Å².